The maximum absolute atomic E-state index is 9.89. The second-order valence-electron chi connectivity index (χ2n) is 6.15. The van der Waals surface area contributed by atoms with Crippen LogP contribution in [0.2, 0.25) is 0 Å². The van der Waals surface area contributed by atoms with E-state index in [0.29, 0.717) is 6.61 Å². The minimum absolute atomic E-state index is 0.250. The fourth-order valence-electron chi connectivity index (χ4n) is 2.85. The van der Waals surface area contributed by atoms with Crippen molar-refractivity contribution in [1.29, 1.82) is 0 Å². The molecule has 0 spiro atoms. The van der Waals surface area contributed by atoms with Gasteiger partial charge in [0.2, 0.25) is 0 Å². The molecule has 0 bridgehead atoms. The molecule has 0 aromatic heterocycles. The molecule has 0 unspecified atom stereocenters. The van der Waals surface area contributed by atoms with Gasteiger partial charge in [-0.2, -0.15) is 9.59 Å². The Kier molecular flexibility index (Phi) is 6.23. The number of benzene rings is 1. The van der Waals surface area contributed by atoms with Crippen molar-refractivity contribution in [3.63, 3.8) is 0 Å². The summed E-state index contributed by atoms with van der Waals surface area (Å²) in [7, 11) is 0. The van der Waals surface area contributed by atoms with E-state index in [2.05, 4.69) is 0 Å². The smallest absolute Gasteiger partial charge is 0.373 e. The molecular weight excluding hydrogens is 316 g/mol. The van der Waals surface area contributed by atoms with Crippen LogP contribution in [0.1, 0.15) is 26.3 Å². The number of fused-ring (bicyclic) bond motifs is 1. The Bertz CT molecular complexity index is 551. The van der Waals surface area contributed by atoms with E-state index >= 15 is 0 Å². The van der Waals surface area contributed by atoms with Crippen LogP contribution in [-0.4, -0.2) is 47.8 Å². The first-order chi connectivity index (χ1) is 11.4. The van der Waals surface area contributed by atoms with Gasteiger partial charge in [-0.1, -0.05) is 30.3 Å². The number of aliphatic hydroxyl groups excluding tert-OH is 1. The van der Waals surface area contributed by atoms with Gasteiger partial charge in [-0.25, -0.2) is 0 Å². The summed E-state index contributed by atoms with van der Waals surface area (Å²) in [5.41, 5.74) is 1.07. The molecule has 1 N–H and O–H groups in total. The van der Waals surface area contributed by atoms with Gasteiger partial charge in [0.05, 0.1) is 12.7 Å². The molecule has 2 aliphatic heterocycles. The predicted molar refractivity (Wildman–Crippen MR) is 80.4 cm³/mol. The van der Waals surface area contributed by atoms with E-state index in [1.54, 1.807) is 6.92 Å². The highest BCUT2D eigenvalue weighted by Gasteiger charge is 2.56. The van der Waals surface area contributed by atoms with E-state index in [9.17, 15) is 5.11 Å². The first-order valence-corrected chi connectivity index (χ1v) is 7.72. The molecule has 1 aromatic carbocycles. The fraction of sp³-hybridized carbons (Fsp3) is 0.588. The highest BCUT2D eigenvalue weighted by atomic mass is 16.8. The molecule has 24 heavy (non-hydrogen) atoms. The Balaban J connectivity index is 0.000000647. The number of hydrogen-bond donors (Lipinski definition) is 1. The number of rotatable bonds is 4. The SMILES string of the molecule is C[C@H](O)[C@H]1O[C@@H]2OC(C)(C)O[C@H]2[C@@H]1OCc1ccccc1.O=C=O. The molecule has 2 heterocycles. The van der Waals surface area contributed by atoms with Gasteiger partial charge < -0.3 is 24.1 Å². The molecule has 2 fully saturated rings. The maximum atomic E-state index is 9.89. The van der Waals surface area contributed by atoms with Gasteiger partial charge in [-0.15, -0.1) is 0 Å². The molecule has 0 saturated carbocycles. The minimum Gasteiger partial charge on any atom is -0.391 e. The minimum atomic E-state index is -0.687. The molecule has 1 aromatic rings. The second-order valence-corrected chi connectivity index (χ2v) is 6.15. The summed E-state index contributed by atoms with van der Waals surface area (Å²) in [5, 5.41) is 9.89. The first-order valence-electron chi connectivity index (χ1n) is 7.72. The van der Waals surface area contributed by atoms with Crippen LogP contribution in [0.3, 0.4) is 0 Å². The van der Waals surface area contributed by atoms with Crippen molar-refractivity contribution in [3.05, 3.63) is 35.9 Å². The van der Waals surface area contributed by atoms with Crippen LogP contribution in [0, 0.1) is 0 Å². The Labute approximate surface area is 140 Å². The average molecular weight is 338 g/mol. The molecule has 0 radical (unpaired) electrons. The summed E-state index contributed by atoms with van der Waals surface area (Å²) >= 11 is 0. The largest absolute Gasteiger partial charge is 0.391 e. The van der Waals surface area contributed by atoms with Gasteiger partial charge in [0, 0.05) is 0 Å². The van der Waals surface area contributed by atoms with Crippen LogP contribution in [0.25, 0.3) is 0 Å². The molecule has 5 atom stereocenters. The van der Waals surface area contributed by atoms with Crippen molar-refractivity contribution in [2.75, 3.05) is 0 Å². The van der Waals surface area contributed by atoms with Gasteiger partial charge in [-0.05, 0) is 26.3 Å². The molecule has 2 saturated heterocycles. The first kappa shape index (κ1) is 18.7. The van der Waals surface area contributed by atoms with Crippen molar-refractivity contribution in [2.45, 2.75) is 63.9 Å². The molecule has 0 amide bonds. The molecule has 132 valence electrons. The van der Waals surface area contributed by atoms with Crippen LogP contribution in [0.15, 0.2) is 30.3 Å². The summed E-state index contributed by atoms with van der Waals surface area (Å²) in [6, 6.07) is 9.91. The Hall–Kier alpha value is -1.60. The van der Waals surface area contributed by atoms with Crippen LogP contribution in [0.4, 0.5) is 0 Å². The topological polar surface area (TPSA) is 91.3 Å². The predicted octanol–water partition coefficient (Wildman–Crippen LogP) is 1.25. The molecule has 2 aliphatic rings. The third-order valence-electron chi connectivity index (χ3n) is 3.79. The van der Waals surface area contributed by atoms with Crippen LogP contribution >= 0.6 is 0 Å². The lowest BCUT2D eigenvalue weighted by molar-refractivity contribution is -0.229. The lowest BCUT2D eigenvalue weighted by atomic mass is 10.1. The van der Waals surface area contributed by atoms with Crippen molar-refractivity contribution < 1.29 is 33.6 Å². The van der Waals surface area contributed by atoms with E-state index in [1.165, 1.54) is 0 Å². The molecule has 7 nitrogen and oxygen atoms in total. The molecule has 7 heteroatoms. The Morgan fingerprint density at radius 3 is 2.46 bits per heavy atom. The summed E-state index contributed by atoms with van der Waals surface area (Å²) in [6.07, 6.45) is -1.99. The van der Waals surface area contributed by atoms with Crippen LogP contribution < -0.4 is 0 Å². The zero-order chi connectivity index (χ0) is 17.7. The van der Waals surface area contributed by atoms with Crippen molar-refractivity contribution in [1.82, 2.24) is 0 Å². The van der Waals surface area contributed by atoms with Gasteiger partial charge in [0.1, 0.15) is 18.3 Å². The van der Waals surface area contributed by atoms with E-state index in [1.807, 2.05) is 44.2 Å². The normalized spacial score (nSPS) is 31.5. The number of hydrogen-bond acceptors (Lipinski definition) is 7. The van der Waals surface area contributed by atoms with E-state index in [-0.39, 0.29) is 18.4 Å². The third-order valence-corrected chi connectivity index (χ3v) is 3.79. The van der Waals surface area contributed by atoms with E-state index in [4.69, 9.17) is 28.5 Å². The summed E-state index contributed by atoms with van der Waals surface area (Å²) in [6.45, 7) is 5.83. The van der Waals surface area contributed by atoms with E-state index < -0.39 is 24.3 Å². The zero-order valence-corrected chi connectivity index (χ0v) is 13.9. The number of aliphatic hydroxyl groups is 1. The quantitative estimate of drug-likeness (QED) is 0.883. The number of carbonyl (C=O) groups excluding carboxylic acids is 2. The average Bonchev–Trinajstić information content (AvgIpc) is 2.99. The Morgan fingerprint density at radius 1 is 1.25 bits per heavy atom. The zero-order valence-electron chi connectivity index (χ0n) is 13.9. The van der Waals surface area contributed by atoms with E-state index in [0.717, 1.165) is 5.56 Å². The highest BCUT2D eigenvalue weighted by Crippen LogP contribution is 2.39. The molecular formula is C17H22O7. The lowest BCUT2D eigenvalue weighted by Crippen LogP contribution is -2.41. The second kappa shape index (κ2) is 7.98. The van der Waals surface area contributed by atoms with Crippen molar-refractivity contribution >= 4 is 6.15 Å². The van der Waals surface area contributed by atoms with Crippen molar-refractivity contribution in [2.24, 2.45) is 0 Å². The fourth-order valence-corrected chi connectivity index (χ4v) is 2.85. The van der Waals surface area contributed by atoms with Gasteiger partial charge in [-0.3, -0.25) is 0 Å². The Morgan fingerprint density at radius 2 is 1.88 bits per heavy atom. The number of ether oxygens (including phenoxy) is 4. The van der Waals surface area contributed by atoms with Gasteiger partial charge in [0.25, 0.3) is 0 Å². The molecule has 3 rings (SSSR count). The maximum Gasteiger partial charge on any atom is 0.373 e. The van der Waals surface area contributed by atoms with Gasteiger partial charge >= 0.3 is 6.15 Å². The monoisotopic (exact) mass is 338 g/mol. The molecule has 0 aliphatic carbocycles. The standard InChI is InChI=1S/C16H22O5.CO2/c1-10(17)12-13(18-9-11-7-5-4-6-8-11)14-15(19-12)21-16(2,3)20-14;2-1-3/h4-8,10,12-15,17H,9H2,1-3H3;/t10-,12+,13+,14-,15+;/m0./s1. The summed E-state index contributed by atoms with van der Waals surface area (Å²) < 4.78 is 23.3. The van der Waals surface area contributed by atoms with Crippen molar-refractivity contribution in [3.8, 4) is 0 Å². The van der Waals surface area contributed by atoms with Gasteiger partial charge in [0.15, 0.2) is 12.1 Å². The van der Waals surface area contributed by atoms with Crippen LogP contribution in [-0.2, 0) is 35.1 Å². The summed E-state index contributed by atoms with van der Waals surface area (Å²) in [5.74, 6) is -0.687. The third kappa shape index (κ3) is 4.48. The lowest BCUT2D eigenvalue weighted by Gasteiger charge is -2.27. The highest BCUT2D eigenvalue weighted by molar-refractivity contribution is 5.20. The van der Waals surface area contributed by atoms with Crippen LogP contribution in [0.5, 0.6) is 0 Å². The summed E-state index contributed by atoms with van der Waals surface area (Å²) in [4.78, 5) is 16.2.